The predicted octanol–water partition coefficient (Wildman–Crippen LogP) is 0.737. The van der Waals surface area contributed by atoms with E-state index in [-0.39, 0.29) is 42.6 Å². The Morgan fingerprint density at radius 3 is 2.60 bits per heavy atom. The fourth-order valence-corrected chi connectivity index (χ4v) is 5.41. The summed E-state index contributed by atoms with van der Waals surface area (Å²) in [5.41, 5.74) is 1.27. The van der Waals surface area contributed by atoms with Crippen LogP contribution < -0.4 is 15.4 Å². The first-order valence-corrected chi connectivity index (χ1v) is 11.8. The number of hydrogen-bond donors (Lipinski definition) is 2. The molecule has 2 aromatic carbocycles. The van der Waals surface area contributed by atoms with Gasteiger partial charge < -0.3 is 25.2 Å². The van der Waals surface area contributed by atoms with Gasteiger partial charge in [0.1, 0.15) is 17.8 Å². The number of nitrogens with zero attached hydrogens (tertiary/aromatic N) is 2. The van der Waals surface area contributed by atoms with Crippen molar-refractivity contribution < 1.29 is 23.9 Å². The van der Waals surface area contributed by atoms with Crippen molar-refractivity contribution >= 4 is 23.6 Å². The number of ether oxygens (including phenoxy) is 1. The van der Waals surface area contributed by atoms with Gasteiger partial charge in [0, 0.05) is 30.3 Å². The summed E-state index contributed by atoms with van der Waals surface area (Å²) in [6, 6.07) is 14.0. The van der Waals surface area contributed by atoms with Gasteiger partial charge in [0.15, 0.2) is 0 Å². The second kappa shape index (κ2) is 9.40. The minimum atomic E-state index is -0.750. The Kier molecular flexibility index (Phi) is 6.15. The molecule has 3 aliphatic heterocycles. The van der Waals surface area contributed by atoms with Crippen LogP contribution in [-0.4, -0.2) is 77.8 Å². The van der Waals surface area contributed by atoms with Crippen LogP contribution in [0.25, 0.3) is 0 Å². The van der Waals surface area contributed by atoms with Crippen LogP contribution in [0, 0.1) is 0 Å². The highest BCUT2D eigenvalue weighted by Crippen LogP contribution is 2.30. The van der Waals surface area contributed by atoms with E-state index in [0.29, 0.717) is 30.7 Å². The first-order valence-electron chi connectivity index (χ1n) is 11.8. The van der Waals surface area contributed by atoms with Crippen LogP contribution in [0.3, 0.4) is 0 Å². The first kappa shape index (κ1) is 22.9. The lowest BCUT2D eigenvalue weighted by Crippen LogP contribution is -2.52. The van der Waals surface area contributed by atoms with E-state index < -0.39 is 18.1 Å². The van der Waals surface area contributed by atoms with Gasteiger partial charge in [-0.3, -0.25) is 19.2 Å². The topological polar surface area (TPSA) is 108 Å². The minimum Gasteiger partial charge on any atom is -0.496 e. The molecule has 9 heteroatoms. The maximum atomic E-state index is 13.6. The van der Waals surface area contributed by atoms with Crippen molar-refractivity contribution in [2.75, 3.05) is 20.2 Å². The van der Waals surface area contributed by atoms with Crippen LogP contribution in [0.1, 0.15) is 28.8 Å². The molecule has 182 valence electrons. The number of carbonyl (C=O) groups excluding carboxylic acids is 4. The number of carbonyl (C=O) groups is 4. The summed E-state index contributed by atoms with van der Waals surface area (Å²) in [6.07, 6.45) is 0.997. The Morgan fingerprint density at radius 1 is 1.09 bits per heavy atom. The maximum Gasteiger partial charge on any atom is 0.254 e. The highest BCUT2D eigenvalue weighted by molar-refractivity contribution is 6.00. The number of fused-ring (bicyclic) bond motifs is 2. The molecule has 3 heterocycles. The summed E-state index contributed by atoms with van der Waals surface area (Å²) < 4.78 is 5.32. The minimum absolute atomic E-state index is 0.134. The Balaban J connectivity index is 1.29. The molecule has 9 nitrogen and oxygen atoms in total. The van der Waals surface area contributed by atoms with Crippen LogP contribution in [0.15, 0.2) is 54.6 Å². The molecule has 2 aromatic rings. The number of methoxy groups -OCH3 is 1. The van der Waals surface area contributed by atoms with Crippen molar-refractivity contribution in [3.63, 3.8) is 0 Å². The molecule has 2 N–H and O–H groups in total. The van der Waals surface area contributed by atoms with Crippen LogP contribution in [0.5, 0.6) is 5.75 Å². The molecule has 0 aromatic heterocycles. The Morgan fingerprint density at radius 2 is 1.83 bits per heavy atom. The highest BCUT2D eigenvalue weighted by Gasteiger charge is 2.52. The third kappa shape index (κ3) is 4.34. The Hall–Kier alpha value is -3.88. The molecule has 0 spiro atoms. The summed E-state index contributed by atoms with van der Waals surface area (Å²) in [7, 11) is 1.56. The SMILES string of the molecule is COc1ccccc1CC(=O)N[C@@H]1C[C@H]2C(=O)N[C@@H]3CCN(C(=O)c4ccccc4)[C@@H]3C(=O)N2C1. The zero-order valence-corrected chi connectivity index (χ0v) is 19.5. The van der Waals surface area contributed by atoms with Gasteiger partial charge >= 0.3 is 0 Å². The van der Waals surface area contributed by atoms with Gasteiger partial charge in [0.2, 0.25) is 17.7 Å². The number of para-hydroxylation sites is 1. The van der Waals surface area contributed by atoms with E-state index >= 15 is 0 Å². The molecule has 0 bridgehead atoms. The number of amides is 4. The van der Waals surface area contributed by atoms with E-state index in [0.717, 1.165) is 5.56 Å². The van der Waals surface area contributed by atoms with Gasteiger partial charge in [-0.1, -0.05) is 36.4 Å². The fraction of sp³-hybridized carbons (Fsp3) is 0.385. The quantitative estimate of drug-likeness (QED) is 0.662. The van der Waals surface area contributed by atoms with E-state index in [9.17, 15) is 19.2 Å². The standard InChI is InChI=1S/C26H28N4O5/c1-35-21-10-6-5-9-17(21)13-22(31)27-18-14-20-24(32)28-19-11-12-29(23(19)26(34)30(20)15-18)25(33)16-7-3-2-4-8-16/h2-10,18-20,23H,11-15H2,1H3,(H,27,31)(H,28,32)/t18-,19-,20+,23+/m1/s1. The lowest BCUT2D eigenvalue weighted by atomic mass is 10.1. The van der Waals surface area contributed by atoms with Crippen molar-refractivity contribution in [3.8, 4) is 5.75 Å². The molecular weight excluding hydrogens is 448 g/mol. The summed E-state index contributed by atoms with van der Waals surface area (Å²) in [5.74, 6) is -0.277. The van der Waals surface area contributed by atoms with Crippen molar-refractivity contribution in [2.24, 2.45) is 0 Å². The zero-order valence-electron chi connectivity index (χ0n) is 19.5. The largest absolute Gasteiger partial charge is 0.496 e. The Labute approximate surface area is 203 Å². The zero-order chi connectivity index (χ0) is 24.5. The second-order valence-corrected chi connectivity index (χ2v) is 9.21. The van der Waals surface area contributed by atoms with Gasteiger partial charge in [-0.15, -0.1) is 0 Å². The van der Waals surface area contributed by atoms with Crippen molar-refractivity contribution in [3.05, 3.63) is 65.7 Å². The lowest BCUT2D eigenvalue weighted by Gasteiger charge is -2.29. The molecule has 3 aliphatic rings. The molecule has 4 amide bonds. The third-order valence-corrected chi connectivity index (χ3v) is 7.06. The molecule has 4 atom stereocenters. The molecule has 3 saturated heterocycles. The number of rotatable bonds is 5. The van der Waals surface area contributed by atoms with Crippen molar-refractivity contribution in [2.45, 2.75) is 43.4 Å². The maximum absolute atomic E-state index is 13.6. The lowest BCUT2D eigenvalue weighted by molar-refractivity contribution is -0.138. The molecular formula is C26H28N4O5. The monoisotopic (exact) mass is 476 g/mol. The average molecular weight is 477 g/mol. The molecule has 5 rings (SSSR count). The number of hydrogen-bond acceptors (Lipinski definition) is 5. The van der Waals surface area contributed by atoms with Crippen molar-refractivity contribution in [1.82, 2.24) is 20.4 Å². The number of benzene rings is 2. The van der Waals surface area contributed by atoms with Crippen LogP contribution in [-0.2, 0) is 20.8 Å². The van der Waals surface area contributed by atoms with E-state index in [2.05, 4.69) is 10.6 Å². The van der Waals surface area contributed by atoms with Gasteiger partial charge in [-0.05, 0) is 31.0 Å². The van der Waals surface area contributed by atoms with Gasteiger partial charge in [0.05, 0.1) is 19.6 Å². The van der Waals surface area contributed by atoms with Crippen LogP contribution in [0.4, 0.5) is 0 Å². The molecule has 0 radical (unpaired) electrons. The first-order chi connectivity index (χ1) is 17.0. The van der Waals surface area contributed by atoms with E-state index in [1.807, 2.05) is 24.3 Å². The van der Waals surface area contributed by atoms with Gasteiger partial charge in [0.25, 0.3) is 5.91 Å². The van der Waals surface area contributed by atoms with Crippen LogP contribution >= 0.6 is 0 Å². The molecule has 0 aliphatic carbocycles. The molecule has 0 saturated carbocycles. The smallest absolute Gasteiger partial charge is 0.254 e. The third-order valence-electron chi connectivity index (χ3n) is 7.06. The Bertz CT molecular complexity index is 1150. The second-order valence-electron chi connectivity index (χ2n) is 9.21. The molecule has 0 unspecified atom stereocenters. The van der Waals surface area contributed by atoms with Crippen LogP contribution in [0.2, 0.25) is 0 Å². The van der Waals surface area contributed by atoms with E-state index in [4.69, 9.17) is 4.74 Å². The predicted molar refractivity (Wildman–Crippen MR) is 127 cm³/mol. The average Bonchev–Trinajstić information content (AvgIpc) is 3.46. The highest BCUT2D eigenvalue weighted by atomic mass is 16.5. The summed E-state index contributed by atoms with van der Waals surface area (Å²) in [4.78, 5) is 55.6. The van der Waals surface area contributed by atoms with Gasteiger partial charge in [-0.25, -0.2) is 0 Å². The van der Waals surface area contributed by atoms with E-state index in [1.54, 1.807) is 42.3 Å². The molecule has 3 fully saturated rings. The summed E-state index contributed by atoms with van der Waals surface area (Å²) >= 11 is 0. The van der Waals surface area contributed by atoms with Crippen molar-refractivity contribution in [1.29, 1.82) is 0 Å². The normalized spacial score (nSPS) is 25.4. The summed E-state index contributed by atoms with van der Waals surface area (Å²) in [5, 5.41) is 5.95. The fourth-order valence-electron chi connectivity index (χ4n) is 5.41. The summed E-state index contributed by atoms with van der Waals surface area (Å²) in [6.45, 7) is 0.623. The number of likely N-dealkylation sites (tertiary alicyclic amines) is 1. The molecule has 35 heavy (non-hydrogen) atoms. The van der Waals surface area contributed by atoms with Gasteiger partial charge in [-0.2, -0.15) is 0 Å². The van der Waals surface area contributed by atoms with E-state index in [1.165, 1.54) is 4.90 Å². The number of nitrogens with one attached hydrogen (secondary N) is 2.